The Hall–Kier alpha value is -1.66. The summed E-state index contributed by atoms with van der Waals surface area (Å²) in [5.41, 5.74) is 0.491. The van der Waals surface area contributed by atoms with Crippen molar-refractivity contribution >= 4 is 23.1 Å². The van der Waals surface area contributed by atoms with Gasteiger partial charge in [-0.2, -0.15) is 0 Å². The van der Waals surface area contributed by atoms with E-state index >= 15 is 0 Å². The van der Waals surface area contributed by atoms with Crippen molar-refractivity contribution in [2.45, 2.75) is 13.0 Å². The molecular weight excluding hydrogens is 262 g/mol. The molecule has 0 aliphatic rings. The molecule has 2 rings (SSSR count). The van der Waals surface area contributed by atoms with E-state index in [9.17, 15) is 9.90 Å². The number of nitrogens with zero attached hydrogens (tertiary/aromatic N) is 2. The Bertz CT molecular complexity index is 703. The van der Waals surface area contributed by atoms with Gasteiger partial charge < -0.3 is 15.0 Å². The van der Waals surface area contributed by atoms with E-state index < -0.39 is 0 Å². The van der Waals surface area contributed by atoms with E-state index in [1.165, 1.54) is 12.1 Å². The Kier molecular flexibility index (Phi) is 4.01. The number of aromatic nitrogens is 2. The number of phenols is 1. The van der Waals surface area contributed by atoms with E-state index in [0.717, 1.165) is 13.0 Å². The fraction of sp³-hybridized carbons (Fsp3) is 0.385. The molecule has 5 nitrogen and oxygen atoms in total. The van der Waals surface area contributed by atoms with Gasteiger partial charge in [-0.05, 0) is 57.5 Å². The van der Waals surface area contributed by atoms with Crippen molar-refractivity contribution in [2.24, 2.45) is 0 Å². The second-order valence-corrected chi connectivity index (χ2v) is 5.16. The number of hydrogen-bond acceptors (Lipinski definition) is 4. The van der Waals surface area contributed by atoms with Crippen molar-refractivity contribution in [1.82, 2.24) is 14.5 Å². The highest BCUT2D eigenvalue weighted by Crippen LogP contribution is 2.14. The van der Waals surface area contributed by atoms with Crippen molar-refractivity contribution in [2.75, 3.05) is 20.6 Å². The van der Waals surface area contributed by atoms with Crippen LogP contribution in [0.5, 0.6) is 5.75 Å². The fourth-order valence-corrected chi connectivity index (χ4v) is 2.27. The number of H-pyrrole nitrogens is 1. The Balaban J connectivity index is 2.44. The van der Waals surface area contributed by atoms with Crippen LogP contribution in [-0.4, -0.2) is 40.2 Å². The summed E-state index contributed by atoms with van der Waals surface area (Å²) >= 11 is 5.21. The van der Waals surface area contributed by atoms with Crippen molar-refractivity contribution in [1.29, 1.82) is 0 Å². The van der Waals surface area contributed by atoms with Gasteiger partial charge in [-0.1, -0.05) is 0 Å². The van der Waals surface area contributed by atoms with Crippen LogP contribution in [0, 0.1) is 4.77 Å². The predicted octanol–water partition coefficient (Wildman–Crippen LogP) is 1.72. The molecule has 0 bridgehead atoms. The first-order valence-electron chi connectivity index (χ1n) is 6.09. The molecule has 0 atom stereocenters. The largest absolute Gasteiger partial charge is 0.508 e. The van der Waals surface area contributed by atoms with Gasteiger partial charge in [0, 0.05) is 6.54 Å². The second kappa shape index (κ2) is 5.54. The monoisotopic (exact) mass is 279 g/mol. The lowest BCUT2D eigenvalue weighted by atomic mass is 10.2. The molecular formula is C13H17N3O2S. The zero-order valence-corrected chi connectivity index (χ0v) is 11.8. The first kappa shape index (κ1) is 13.8. The first-order valence-corrected chi connectivity index (χ1v) is 6.50. The minimum Gasteiger partial charge on any atom is -0.508 e. The molecule has 1 aromatic carbocycles. The van der Waals surface area contributed by atoms with E-state index in [4.69, 9.17) is 12.2 Å². The Morgan fingerprint density at radius 1 is 1.42 bits per heavy atom. The highest BCUT2D eigenvalue weighted by Gasteiger charge is 2.06. The van der Waals surface area contributed by atoms with Crippen LogP contribution in [-0.2, 0) is 6.54 Å². The first-order chi connectivity index (χ1) is 8.99. The molecule has 0 radical (unpaired) electrons. The molecule has 1 heterocycles. The summed E-state index contributed by atoms with van der Waals surface area (Å²) in [6.07, 6.45) is 0.842. The van der Waals surface area contributed by atoms with Crippen LogP contribution in [0.15, 0.2) is 23.0 Å². The molecule has 102 valence electrons. The summed E-state index contributed by atoms with van der Waals surface area (Å²) in [6.45, 7) is 1.46. The van der Waals surface area contributed by atoms with Crippen LogP contribution in [0.4, 0.5) is 0 Å². The minimum atomic E-state index is -0.159. The Morgan fingerprint density at radius 2 is 2.16 bits per heavy atom. The zero-order valence-electron chi connectivity index (χ0n) is 11.0. The molecule has 0 saturated carbocycles. The number of benzene rings is 1. The SMILES string of the molecule is CN(C)CCCn1c(=S)[nH]c2ccc(O)cc2c1=O. The lowest BCUT2D eigenvalue weighted by Crippen LogP contribution is -2.24. The average Bonchev–Trinajstić information content (AvgIpc) is 2.34. The fourth-order valence-electron chi connectivity index (χ4n) is 1.99. The summed E-state index contributed by atoms with van der Waals surface area (Å²) in [5, 5.41) is 9.93. The number of aromatic amines is 1. The maximum atomic E-state index is 12.3. The molecule has 0 fully saturated rings. The lowest BCUT2D eigenvalue weighted by molar-refractivity contribution is 0.384. The van der Waals surface area contributed by atoms with Crippen molar-refractivity contribution in [3.63, 3.8) is 0 Å². The standard InChI is InChI=1S/C13H17N3O2S/c1-15(2)6-3-7-16-12(18)10-8-9(17)4-5-11(10)14-13(16)19/h4-5,8,17H,3,6-7H2,1-2H3,(H,14,19). The molecule has 2 aromatic rings. The third kappa shape index (κ3) is 3.02. The minimum absolute atomic E-state index is 0.0787. The van der Waals surface area contributed by atoms with Gasteiger partial charge in [0.2, 0.25) is 0 Å². The third-order valence-electron chi connectivity index (χ3n) is 2.95. The summed E-state index contributed by atoms with van der Waals surface area (Å²) in [7, 11) is 3.98. The Labute approximate surface area is 116 Å². The van der Waals surface area contributed by atoms with Crippen LogP contribution in [0.3, 0.4) is 0 Å². The number of hydrogen-bond donors (Lipinski definition) is 2. The maximum Gasteiger partial charge on any atom is 0.262 e. The van der Waals surface area contributed by atoms with Crippen LogP contribution in [0.25, 0.3) is 10.9 Å². The van der Waals surface area contributed by atoms with Crippen LogP contribution in [0.1, 0.15) is 6.42 Å². The van der Waals surface area contributed by atoms with Gasteiger partial charge in [0.15, 0.2) is 4.77 Å². The normalized spacial score (nSPS) is 11.3. The molecule has 0 unspecified atom stereocenters. The predicted molar refractivity (Wildman–Crippen MR) is 78.2 cm³/mol. The van der Waals surface area contributed by atoms with Gasteiger partial charge in [-0.15, -0.1) is 0 Å². The van der Waals surface area contributed by atoms with Gasteiger partial charge in [0.25, 0.3) is 5.56 Å². The van der Waals surface area contributed by atoms with Gasteiger partial charge in [0.05, 0.1) is 10.9 Å². The van der Waals surface area contributed by atoms with Gasteiger partial charge in [-0.3, -0.25) is 9.36 Å². The molecule has 0 aliphatic heterocycles. The summed E-state index contributed by atoms with van der Waals surface area (Å²) in [5.74, 6) is 0.0787. The lowest BCUT2D eigenvalue weighted by Gasteiger charge is -2.11. The zero-order chi connectivity index (χ0) is 14.0. The second-order valence-electron chi connectivity index (χ2n) is 4.77. The van der Waals surface area contributed by atoms with Gasteiger partial charge in [-0.25, -0.2) is 0 Å². The van der Waals surface area contributed by atoms with Crippen LogP contribution in [0.2, 0.25) is 0 Å². The molecule has 1 aromatic heterocycles. The Morgan fingerprint density at radius 3 is 2.84 bits per heavy atom. The average molecular weight is 279 g/mol. The van der Waals surface area contributed by atoms with Crippen molar-refractivity contribution in [3.05, 3.63) is 33.3 Å². The van der Waals surface area contributed by atoms with E-state index in [2.05, 4.69) is 9.88 Å². The molecule has 0 spiro atoms. The molecule has 0 saturated heterocycles. The highest BCUT2D eigenvalue weighted by molar-refractivity contribution is 7.71. The third-order valence-corrected chi connectivity index (χ3v) is 3.27. The number of nitrogens with one attached hydrogen (secondary N) is 1. The highest BCUT2D eigenvalue weighted by atomic mass is 32.1. The quantitative estimate of drug-likeness (QED) is 0.837. The molecule has 19 heavy (non-hydrogen) atoms. The molecule has 0 amide bonds. The number of phenolic OH excluding ortho intramolecular Hbond substituents is 1. The number of fused-ring (bicyclic) bond motifs is 1. The van der Waals surface area contributed by atoms with E-state index in [1.54, 1.807) is 10.6 Å². The number of rotatable bonds is 4. The topological polar surface area (TPSA) is 61.3 Å². The van der Waals surface area contributed by atoms with Gasteiger partial charge >= 0.3 is 0 Å². The van der Waals surface area contributed by atoms with Gasteiger partial charge in [0.1, 0.15) is 5.75 Å². The summed E-state index contributed by atoms with van der Waals surface area (Å²) in [6, 6.07) is 4.65. The summed E-state index contributed by atoms with van der Waals surface area (Å²) in [4.78, 5) is 17.4. The maximum absolute atomic E-state index is 12.3. The van der Waals surface area contributed by atoms with E-state index in [0.29, 0.717) is 22.2 Å². The van der Waals surface area contributed by atoms with Crippen LogP contribution < -0.4 is 5.56 Å². The molecule has 2 N–H and O–H groups in total. The van der Waals surface area contributed by atoms with Crippen molar-refractivity contribution < 1.29 is 5.11 Å². The number of aromatic hydroxyl groups is 1. The van der Waals surface area contributed by atoms with E-state index in [-0.39, 0.29) is 11.3 Å². The summed E-state index contributed by atoms with van der Waals surface area (Å²) < 4.78 is 1.96. The van der Waals surface area contributed by atoms with E-state index in [1.807, 2.05) is 14.1 Å². The smallest absolute Gasteiger partial charge is 0.262 e. The van der Waals surface area contributed by atoms with Crippen molar-refractivity contribution in [3.8, 4) is 5.75 Å². The van der Waals surface area contributed by atoms with Crippen LogP contribution >= 0.6 is 12.2 Å². The molecule has 6 heteroatoms. The molecule has 0 aliphatic carbocycles.